The van der Waals surface area contributed by atoms with Crippen LogP contribution < -0.4 is 5.32 Å². The molecule has 1 aliphatic heterocycles. The van der Waals surface area contributed by atoms with Crippen LogP contribution in [-0.2, 0) is 24.5 Å². The first-order valence-electron chi connectivity index (χ1n) is 13.0. The van der Waals surface area contributed by atoms with E-state index < -0.39 is 29.3 Å². The number of hydrogen-bond acceptors (Lipinski definition) is 6. The number of piperazine rings is 1. The van der Waals surface area contributed by atoms with E-state index in [1.807, 2.05) is 4.90 Å². The number of nitrogens with zero attached hydrogens (tertiary/aromatic N) is 5. The first kappa shape index (κ1) is 29.6. The fourth-order valence-corrected chi connectivity index (χ4v) is 4.17. The number of amides is 2. The van der Waals surface area contributed by atoms with E-state index in [0.29, 0.717) is 37.4 Å². The lowest BCUT2D eigenvalue weighted by molar-refractivity contribution is -0.138. The minimum Gasteiger partial charge on any atom is -0.444 e. The topological polar surface area (TPSA) is 92.6 Å². The zero-order valence-electron chi connectivity index (χ0n) is 23.2. The Bertz CT molecular complexity index is 1480. The van der Waals surface area contributed by atoms with Gasteiger partial charge in [-0.2, -0.15) is 18.3 Å². The van der Waals surface area contributed by atoms with Gasteiger partial charge in [0.05, 0.1) is 11.8 Å². The van der Waals surface area contributed by atoms with Gasteiger partial charge in [0, 0.05) is 57.1 Å². The van der Waals surface area contributed by atoms with Gasteiger partial charge in [-0.1, -0.05) is 12.0 Å². The molecule has 1 fully saturated rings. The molecule has 9 nitrogen and oxygen atoms in total. The minimum atomic E-state index is -4.66. The number of aryl methyl sites for hydroxylation is 1. The molecule has 0 spiro atoms. The number of pyridine rings is 1. The molecular weight excluding hydrogens is 537 g/mol. The summed E-state index contributed by atoms with van der Waals surface area (Å²) in [6, 6.07) is 8.49. The highest BCUT2D eigenvalue weighted by atomic mass is 19.4. The summed E-state index contributed by atoms with van der Waals surface area (Å²) < 4.78 is 49.1. The van der Waals surface area contributed by atoms with Crippen molar-refractivity contribution in [1.29, 1.82) is 0 Å². The standard InChI is InChI=1S/C29H31F3N6O3/c1-28(2,3)41-27(40)38-15-13-37(14-16-38)19-22-7-6-21(18-24(22)29(30,31)32)26(39)35-25-17-20(9-11-33-25)5-8-23-10-12-34-36(23)4/h6-7,9-12,17-18H,13-16,19H2,1-4H3,(H,33,35,39). The predicted octanol–water partition coefficient (Wildman–Crippen LogP) is 4.54. The van der Waals surface area contributed by atoms with Crippen LogP contribution in [0, 0.1) is 11.8 Å². The van der Waals surface area contributed by atoms with Crippen molar-refractivity contribution in [2.75, 3.05) is 31.5 Å². The highest BCUT2D eigenvalue weighted by molar-refractivity contribution is 6.04. The van der Waals surface area contributed by atoms with Crippen molar-refractivity contribution < 1.29 is 27.5 Å². The smallest absolute Gasteiger partial charge is 0.416 e. The molecule has 2 aromatic heterocycles. The van der Waals surface area contributed by atoms with Crippen molar-refractivity contribution in [2.45, 2.75) is 39.1 Å². The van der Waals surface area contributed by atoms with Gasteiger partial charge < -0.3 is 15.0 Å². The van der Waals surface area contributed by atoms with Crippen LogP contribution in [0.4, 0.5) is 23.8 Å². The number of rotatable bonds is 4. The Balaban J connectivity index is 1.43. The second-order valence-corrected chi connectivity index (χ2v) is 10.6. The van der Waals surface area contributed by atoms with Gasteiger partial charge in [0.25, 0.3) is 5.91 Å². The van der Waals surface area contributed by atoms with Crippen molar-refractivity contribution in [2.24, 2.45) is 7.05 Å². The molecule has 3 heterocycles. The molecule has 1 aliphatic rings. The fraction of sp³-hybridized carbons (Fsp3) is 0.379. The van der Waals surface area contributed by atoms with Crippen LogP contribution >= 0.6 is 0 Å². The molecule has 1 saturated heterocycles. The molecule has 0 saturated carbocycles. The van der Waals surface area contributed by atoms with Gasteiger partial charge in [-0.05, 0) is 62.6 Å². The van der Waals surface area contributed by atoms with Crippen molar-refractivity contribution in [3.63, 3.8) is 0 Å². The Morgan fingerprint density at radius 3 is 2.37 bits per heavy atom. The molecular formula is C29H31F3N6O3. The van der Waals surface area contributed by atoms with Crippen LogP contribution in [-0.4, -0.2) is 68.3 Å². The van der Waals surface area contributed by atoms with Gasteiger partial charge in [0.1, 0.15) is 17.1 Å². The zero-order chi connectivity index (χ0) is 29.8. The lowest BCUT2D eigenvalue weighted by Crippen LogP contribution is -2.49. The number of nitrogens with one attached hydrogen (secondary N) is 1. The first-order valence-corrected chi connectivity index (χ1v) is 13.0. The van der Waals surface area contributed by atoms with Crippen LogP contribution in [0.1, 0.15) is 53.5 Å². The van der Waals surface area contributed by atoms with Gasteiger partial charge in [-0.3, -0.25) is 14.4 Å². The lowest BCUT2D eigenvalue weighted by atomic mass is 10.0. The molecule has 1 aromatic carbocycles. The molecule has 216 valence electrons. The Labute approximate surface area is 236 Å². The molecule has 0 bridgehead atoms. The van der Waals surface area contributed by atoms with Crippen molar-refractivity contribution >= 4 is 17.8 Å². The third-order valence-corrected chi connectivity index (χ3v) is 6.25. The van der Waals surface area contributed by atoms with E-state index in [0.717, 1.165) is 6.07 Å². The van der Waals surface area contributed by atoms with Gasteiger partial charge in [0.2, 0.25) is 0 Å². The number of anilines is 1. The van der Waals surface area contributed by atoms with E-state index in [4.69, 9.17) is 4.74 Å². The van der Waals surface area contributed by atoms with Crippen LogP contribution in [0.25, 0.3) is 0 Å². The highest BCUT2D eigenvalue weighted by Crippen LogP contribution is 2.33. The lowest BCUT2D eigenvalue weighted by Gasteiger charge is -2.35. The molecule has 41 heavy (non-hydrogen) atoms. The van der Waals surface area contributed by atoms with Gasteiger partial charge >= 0.3 is 12.3 Å². The molecule has 1 N–H and O–H groups in total. The summed E-state index contributed by atoms with van der Waals surface area (Å²) in [4.78, 5) is 32.6. The fourth-order valence-electron chi connectivity index (χ4n) is 4.17. The normalized spacial score (nSPS) is 14.3. The average molecular weight is 569 g/mol. The van der Waals surface area contributed by atoms with Gasteiger partial charge in [-0.25, -0.2) is 9.78 Å². The zero-order valence-corrected chi connectivity index (χ0v) is 23.2. The Kier molecular flexibility index (Phi) is 8.68. The molecule has 12 heteroatoms. The number of benzene rings is 1. The Hall–Kier alpha value is -4.37. The van der Waals surface area contributed by atoms with Crippen molar-refractivity contribution in [3.05, 3.63) is 76.7 Å². The summed E-state index contributed by atoms with van der Waals surface area (Å²) >= 11 is 0. The molecule has 0 radical (unpaired) electrons. The highest BCUT2D eigenvalue weighted by Gasteiger charge is 2.35. The Morgan fingerprint density at radius 1 is 1.00 bits per heavy atom. The first-order chi connectivity index (χ1) is 19.3. The molecule has 0 unspecified atom stereocenters. The van der Waals surface area contributed by atoms with E-state index >= 15 is 0 Å². The van der Waals surface area contributed by atoms with Crippen LogP contribution in [0.3, 0.4) is 0 Å². The summed E-state index contributed by atoms with van der Waals surface area (Å²) in [6.45, 7) is 6.82. The van der Waals surface area contributed by atoms with E-state index in [1.165, 1.54) is 24.4 Å². The largest absolute Gasteiger partial charge is 0.444 e. The number of carbonyl (C=O) groups is 2. The predicted molar refractivity (Wildman–Crippen MR) is 146 cm³/mol. The SMILES string of the molecule is Cn1nccc1C#Cc1ccnc(NC(=O)c2ccc(CN3CCN(C(=O)OC(C)(C)C)CC3)c(C(F)(F)F)c2)c1. The number of carbonyl (C=O) groups excluding carboxylic acids is 2. The number of alkyl halides is 3. The Morgan fingerprint density at radius 2 is 1.73 bits per heavy atom. The monoisotopic (exact) mass is 568 g/mol. The molecule has 0 atom stereocenters. The quantitative estimate of drug-likeness (QED) is 0.465. The maximum atomic E-state index is 14.0. The molecule has 3 aromatic rings. The third-order valence-electron chi connectivity index (χ3n) is 6.25. The number of hydrogen-bond donors (Lipinski definition) is 1. The number of halogens is 3. The van der Waals surface area contributed by atoms with Crippen LogP contribution in [0.5, 0.6) is 0 Å². The minimum absolute atomic E-state index is 0.0256. The average Bonchev–Trinajstić information content (AvgIpc) is 3.31. The summed E-state index contributed by atoms with van der Waals surface area (Å²) in [7, 11) is 1.76. The summed E-state index contributed by atoms with van der Waals surface area (Å²) in [5.41, 5.74) is -0.360. The second kappa shape index (κ2) is 12.0. The second-order valence-electron chi connectivity index (χ2n) is 10.6. The van der Waals surface area contributed by atoms with Crippen LogP contribution in [0.15, 0.2) is 48.8 Å². The van der Waals surface area contributed by atoms with Crippen molar-refractivity contribution in [1.82, 2.24) is 24.6 Å². The number of aromatic nitrogens is 3. The summed E-state index contributed by atoms with van der Waals surface area (Å²) in [5.74, 6) is 5.34. The molecule has 0 aliphatic carbocycles. The van der Waals surface area contributed by atoms with Crippen molar-refractivity contribution in [3.8, 4) is 11.8 Å². The molecule has 2 amide bonds. The van der Waals surface area contributed by atoms with Gasteiger partial charge in [-0.15, -0.1) is 0 Å². The van der Waals surface area contributed by atoms with E-state index in [9.17, 15) is 22.8 Å². The maximum absolute atomic E-state index is 14.0. The third kappa shape index (κ3) is 8.08. The summed E-state index contributed by atoms with van der Waals surface area (Å²) in [6.07, 6.45) is -2.03. The van der Waals surface area contributed by atoms with Gasteiger partial charge in [0.15, 0.2) is 0 Å². The van der Waals surface area contributed by atoms with E-state index in [-0.39, 0.29) is 23.5 Å². The molecule has 4 rings (SSSR count). The van der Waals surface area contributed by atoms with E-state index in [2.05, 4.69) is 27.2 Å². The van der Waals surface area contributed by atoms with E-state index in [1.54, 1.807) is 55.7 Å². The van der Waals surface area contributed by atoms with Crippen LogP contribution in [0.2, 0.25) is 0 Å². The maximum Gasteiger partial charge on any atom is 0.416 e. The summed E-state index contributed by atoms with van der Waals surface area (Å²) in [5, 5.41) is 6.60. The number of ether oxygens (including phenoxy) is 1.